The Hall–Kier alpha value is -1.24. The van der Waals surface area contributed by atoms with Crippen LogP contribution in [0.4, 0.5) is 0 Å². The topological polar surface area (TPSA) is 20.2 Å². The summed E-state index contributed by atoms with van der Waals surface area (Å²) in [4.78, 5) is 0. The van der Waals surface area contributed by atoms with Gasteiger partial charge in [0.25, 0.3) is 0 Å². The lowest BCUT2D eigenvalue weighted by molar-refractivity contribution is 0.234. The molecule has 0 aromatic heterocycles. The zero-order chi connectivity index (χ0) is 17.8. The third kappa shape index (κ3) is 8.25. The SMILES string of the molecule is C=C(O)c1ccccc1CC.CC.CC1CCC(C(C)C)CC1. The van der Waals surface area contributed by atoms with Crippen molar-refractivity contribution in [2.45, 2.75) is 73.6 Å². The largest absolute Gasteiger partial charge is 0.508 e. The van der Waals surface area contributed by atoms with Gasteiger partial charge < -0.3 is 5.11 Å². The molecule has 132 valence electrons. The number of rotatable bonds is 3. The standard InChI is InChI=1S/C10H12O.C10H20.C2H6/c1-3-9-6-4-5-7-10(9)8(2)11;1-8(2)10-6-4-9(3)5-7-10;1-2/h4-7,11H,2-3H2,1H3;8-10H,4-7H2,1-3H3;1-2H3. The predicted octanol–water partition coefficient (Wildman–Crippen LogP) is 7.27. The molecule has 0 heterocycles. The average molecular weight is 319 g/mol. The molecule has 0 radical (unpaired) electrons. The smallest absolute Gasteiger partial charge is 0.115 e. The fourth-order valence-electron chi connectivity index (χ4n) is 3.06. The van der Waals surface area contributed by atoms with Crippen molar-refractivity contribution in [1.82, 2.24) is 0 Å². The Morgan fingerprint density at radius 3 is 2.04 bits per heavy atom. The first-order valence-electron chi connectivity index (χ1n) is 9.41. The molecule has 0 aliphatic heterocycles. The molecule has 1 aliphatic rings. The second-order valence-electron chi connectivity index (χ2n) is 6.72. The third-order valence-electron chi connectivity index (χ3n) is 4.71. The molecule has 0 atom stereocenters. The summed E-state index contributed by atoms with van der Waals surface area (Å²) in [5, 5.41) is 9.14. The second-order valence-corrected chi connectivity index (χ2v) is 6.72. The number of benzene rings is 1. The predicted molar refractivity (Wildman–Crippen MR) is 105 cm³/mol. The molecule has 2 rings (SSSR count). The number of aryl methyl sites for hydroxylation is 1. The monoisotopic (exact) mass is 318 g/mol. The zero-order valence-corrected chi connectivity index (χ0v) is 16.2. The van der Waals surface area contributed by atoms with Crippen molar-refractivity contribution in [3.05, 3.63) is 42.0 Å². The Morgan fingerprint density at radius 1 is 1.13 bits per heavy atom. The minimum absolute atomic E-state index is 0.155. The fourth-order valence-corrected chi connectivity index (χ4v) is 3.06. The number of hydrogen-bond donors (Lipinski definition) is 1. The van der Waals surface area contributed by atoms with Crippen LogP contribution < -0.4 is 0 Å². The Morgan fingerprint density at radius 2 is 1.65 bits per heavy atom. The highest BCUT2D eigenvalue weighted by molar-refractivity contribution is 5.59. The van der Waals surface area contributed by atoms with Crippen molar-refractivity contribution >= 4 is 5.76 Å². The summed E-state index contributed by atoms with van der Waals surface area (Å²) in [6.45, 7) is 16.7. The molecule has 0 unspecified atom stereocenters. The van der Waals surface area contributed by atoms with Crippen LogP contribution >= 0.6 is 0 Å². The van der Waals surface area contributed by atoms with Gasteiger partial charge in [0.1, 0.15) is 5.76 Å². The Labute approximate surface area is 144 Å². The van der Waals surface area contributed by atoms with E-state index in [4.69, 9.17) is 5.11 Å². The van der Waals surface area contributed by atoms with Crippen LogP contribution in [-0.2, 0) is 6.42 Å². The van der Waals surface area contributed by atoms with Gasteiger partial charge >= 0.3 is 0 Å². The summed E-state index contributed by atoms with van der Waals surface area (Å²) in [6.07, 6.45) is 6.85. The van der Waals surface area contributed by atoms with E-state index < -0.39 is 0 Å². The van der Waals surface area contributed by atoms with E-state index in [0.717, 1.165) is 35.3 Å². The number of aliphatic hydroxyl groups is 1. The second kappa shape index (κ2) is 12.2. The van der Waals surface area contributed by atoms with Gasteiger partial charge in [0.15, 0.2) is 0 Å². The molecule has 0 bridgehead atoms. The molecule has 1 aliphatic carbocycles. The van der Waals surface area contributed by atoms with Crippen LogP contribution in [0.5, 0.6) is 0 Å². The first-order valence-corrected chi connectivity index (χ1v) is 9.41. The molecule has 0 amide bonds. The van der Waals surface area contributed by atoms with Crippen LogP contribution in [0.25, 0.3) is 5.76 Å². The summed E-state index contributed by atoms with van der Waals surface area (Å²) in [5.41, 5.74) is 2.00. The van der Waals surface area contributed by atoms with Crippen molar-refractivity contribution in [3.8, 4) is 0 Å². The molecule has 1 saturated carbocycles. The minimum Gasteiger partial charge on any atom is -0.508 e. The van der Waals surface area contributed by atoms with Gasteiger partial charge in [-0.1, -0.05) is 85.2 Å². The third-order valence-corrected chi connectivity index (χ3v) is 4.71. The van der Waals surface area contributed by atoms with E-state index in [-0.39, 0.29) is 5.76 Å². The van der Waals surface area contributed by atoms with Gasteiger partial charge in [-0.15, -0.1) is 0 Å². The van der Waals surface area contributed by atoms with Gasteiger partial charge in [-0.25, -0.2) is 0 Å². The average Bonchev–Trinajstić information content (AvgIpc) is 2.57. The Balaban J connectivity index is 0.000000381. The van der Waals surface area contributed by atoms with E-state index >= 15 is 0 Å². The first-order chi connectivity index (χ1) is 11.0. The summed E-state index contributed by atoms with van der Waals surface area (Å²) in [6, 6.07) is 7.74. The maximum absolute atomic E-state index is 9.14. The van der Waals surface area contributed by atoms with E-state index in [1.54, 1.807) is 0 Å². The molecule has 1 nitrogen and oxygen atoms in total. The van der Waals surface area contributed by atoms with Crippen LogP contribution in [0.2, 0.25) is 0 Å². The molecule has 1 N–H and O–H groups in total. The Bertz CT molecular complexity index is 425. The Kier molecular flexibility index (Phi) is 11.6. The molecule has 23 heavy (non-hydrogen) atoms. The quantitative estimate of drug-likeness (QED) is 0.581. The highest BCUT2D eigenvalue weighted by Crippen LogP contribution is 2.32. The van der Waals surface area contributed by atoms with Gasteiger partial charge in [-0.3, -0.25) is 0 Å². The maximum atomic E-state index is 9.14. The first kappa shape index (κ1) is 21.8. The minimum atomic E-state index is 0.155. The number of hydrogen-bond acceptors (Lipinski definition) is 1. The van der Waals surface area contributed by atoms with E-state index in [1.807, 2.05) is 38.1 Å². The van der Waals surface area contributed by atoms with Crippen molar-refractivity contribution in [2.24, 2.45) is 17.8 Å². The molecular weight excluding hydrogens is 280 g/mol. The van der Waals surface area contributed by atoms with Crippen LogP contribution in [-0.4, -0.2) is 5.11 Å². The number of aliphatic hydroxyl groups excluding tert-OH is 1. The molecule has 1 aromatic rings. The lowest BCUT2D eigenvalue weighted by Gasteiger charge is -2.28. The summed E-state index contributed by atoms with van der Waals surface area (Å²) in [7, 11) is 0. The summed E-state index contributed by atoms with van der Waals surface area (Å²) in [5.74, 6) is 3.13. The van der Waals surface area contributed by atoms with E-state index in [9.17, 15) is 0 Å². The molecule has 0 saturated heterocycles. The van der Waals surface area contributed by atoms with Crippen LogP contribution in [0, 0.1) is 17.8 Å². The van der Waals surface area contributed by atoms with Gasteiger partial charge in [0.2, 0.25) is 0 Å². The normalized spacial score (nSPS) is 20.0. The van der Waals surface area contributed by atoms with E-state index in [1.165, 1.54) is 25.7 Å². The van der Waals surface area contributed by atoms with Crippen LogP contribution in [0.3, 0.4) is 0 Å². The van der Waals surface area contributed by atoms with Gasteiger partial charge in [0.05, 0.1) is 0 Å². The van der Waals surface area contributed by atoms with Crippen molar-refractivity contribution in [2.75, 3.05) is 0 Å². The summed E-state index contributed by atoms with van der Waals surface area (Å²) >= 11 is 0. The van der Waals surface area contributed by atoms with E-state index in [0.29, 0.717) is 0 Å². The molecule has 0 spiro atoms. The van der Waals surface area contributed by atoms with Gasteiger partial charge in [-0.2, -0.15) is 0 Å². The van der Waals surface area contributed by atoms with Gasteiger partial charge in [0, 0.05) is 5.56 Å². The fraction of sp³-hybridized carbons (Fsp3) is 0.636. The highest BCUT2D eigenvalue weighted by atomic mass is 16.3. The van der Waals surface area contributed by atoms with Crippen molar-refractivity contribution in [1.29, 1.82) is 0 Å². The zero-order valence-electron chi connectivity index (χ0n) is 16.2. The van der Waals surface area contributed by atoms with Crippen molar-refractivity contribution < 1.29 is 5.11 Å². The van der Waals surface area contributed by atoms with Crippen LogP contribution in [0.15, 0.2) is 30.8 Å². The highest BCUT2D eigenvalue weighted by Gasteiger charge is 2.20. The maximum Gasteiger partial charge on any atom is 0.115 e. The van der Waals surface area contributed by atoms with Crippen molar-refractivity contribution in [3.63, 3.8) is 0 Å². The molecule has 1 fully saturated rings. The van der Waals surface area contributed by atoms with Crippen LogP contribution in [0.1, 0.15) is 78.4 Å². The molecule has 1 heteroatoms. The lowest BCUT2D eigenvalue weighted by atomic mass is 9.78. The lowest BCUT2D eigenvalue weighted by Crippen LogP contribution is -2.16. The van der Waals surface area contributed by atoms with Gasteiger partial charge in [-0.05, 0) is 42.6 Å². The summed E-state index contributed by atoms with van der Waals surface area (Å²) < 4.78 is 0. The van der Waals surface area contributed by atoms with E-state index in [2.05, 4.69) is 34.3 Å². The molecule has 1 aromatic carbocycles. The molecular formula is C22H38O.